The van der Waals surface area contributed by atoms with Crippen LogP contribution in [-0.4, -0.2) is 12.0 Å². The van der Waals surface area contributed by atoms with E-state index in [9.17, 15) is 0 Å². The number of nitrogens with one attached hydrogen (secondary N) is 1. The topological polar surface area (TPSA) is 24.9 Å². The Morgan fingerprint density at radius 3 is 3.00 bits per heavy atom. The third-order valence-corrected chi connectivity index (χ3v) is 2.98. The van der Waals surface area contributed by atoms with Gasteiger partial charge in [-0.3, -0.25) is 4.98 Å². The van der Waals surface area contributed by atoms with Crippen LogP contribution in [0.1, 0.15) is 24.4 Å². The molecule has 1 heterocycles. The first-order chi connectivity index (χ1) is 8.36. The molecule has 0 amide bonds. The number of pyridine rings is 1. The predicted molar refractivity (Wildman–Crippen MR) is 71.6 cm³/mol. The van der Waals surface area contributed by atoms with Crippen molar-refractivity contribution in [1.82, 2.24) is 10.3 Å². The van der Waals surface area contributed by atoms with E-state index in [1.54, 1.807) is 0 Å². The van der Waals surface area contributed by atoms with E-state index < -0.39 is 0 Å². The van der Waals surface area contributed by atoms with Gasteiger partial charge < -0.3 is 5.32 Å². The van der Waals surface area contributed by atoms with Crippen LogP contribution in [0.2, 0.25) is 0 Å². The van der Waals surface area contributed by atoms with E-state index in [0.29, 0.717) is 6.04 Å². The van der Waals surface area contributed by atoms with Gasteiger partial charge >= 0.3 is 0 Å². The van der Waals surface area contributed by atoms with Crippen LogP contribution in [-0.2, 0) is 0 Å². The molecule has 1 atom stereocenters. The van der Waals surface area contributed by atoms with Gasteiger partial charge in [-0.15, -0.1) is 12.3 Å². The summed E-state index contributed by atoms with van der Waals surface area (Å²) in [5.41, 5.74) is 2.30. The lowest BCUT2D eigenvalue weighted by molar-refractivity contribution is 0.562. The van der Waals surface area contributed by atoms with Gasteiger partial charge in [-0.2, -0.15) is 0 Å². The van der Waals surface area contributed by atoms with E-state index in [1.807, 2.05) is 31.4 Å². The van der Waals surface area contributed by atoms with E-state index in [-0.39, 0.29) is 0 Å². The molecule has 1 aromatic carbocycles. The number of hydrogen-bond acceptors (Lipinski definition) is 2. The Morgan fingerprint density at radius 1 is 1.35 bits per heavy atom. The summed E-state index contributed by atoms with van der Waals surface area (Å²) in [6.07, 6.45) is 8.88. The van der Waals surface area contributed by atoms with Crippen molar-refractivity contribution in [2.75, 3.05) is 7.05 Å². The van der Waals surface area contributed by atoms with Gasteiger partial charge in [0.15, 0.2) is 0 Å². The third-order valence-electron chi connectivity index (χ3n) is 2.98. The van der Waals surface area contributed by atoms with Crippen molar-refractivity contribution in [1.29, 1.82) is 0 Å². The van der Waals surface area contributed by atoms with E-state index >= 15 is 0 Å². The molecule has 2 heteroatoms. The number of nitrogens with zero attached hydrogens (tertiary/aromatic N) is 1. The average Bonchev–Trinajstić information content (AvgIpc) is 2.40. The maximum absolute atomic E-state index is 5.33. The van der Waals surface area contributed by atoms with Crippen LogP contribution in [0.3, 0.4) is 0 Å². The second-order valence-corrected chi connectivity index (χ2v) is 4.00. The van der Waals surface area contributed by atoms with Gasteiger partial charge in [-0.05, 0) is 31.2 Å². The van der Waals surface area contributed by atoms with Gasteiger partial charge in [0, 0.05) is 24.0 Å². The minimum Gasteiger partial charge on any atom is -0.313 e. The maximum atomic E-state index is 5.33. The lowest BCUT2D eigenvalue weighted by atomic mass is 9.98. The first kappa shape index (κ1) is 11.6. The van der Waals surface area contributed by atoms with Crippen molar-refractivity contribution in [2.24, 2.45) is 0 Å². The molecule has 2 rings (SSSR count). The molecule has 0 bridgehead atoms. The predicted octanol–water partition coefficient (Wildman–Crippen LogP) is 2.91. The molecule has 2 aromatic rings. The van der Waals surface area contributed by atoms with Gasteiger partial charge in [0.1, 0.15) is 0 Å². The minimum atomic E-state index is 0.291. The first-order valence-corrected chi connectivity index (χ1v) is 5.81. The number of hydrogen-bond donors (Lipinski definition) is 1. The molecule has 86 valence electrons. The Bertz CT molecular complexity index is 535. The molecule has 0 aliphatic heterocycles. The maximum Gasteiger partial charge on any atom is 0.0705 e. The van der Waals surface area contributed by atoms with E-state index in [4.69, 9.17) is 6.42 Å². The Labute approximate surface area is 102 Å². The number of terminal acetylenes is 1. The van der Waals surface area contributed by atoms with Gasteiger partial charge in [0.2, 0.25) is 0 Å². The zero-order valence-corrected chi connectivity index (χ0v) is 9.98. The molecule has 0 spiro atoms. The molecular weight excluding hydrogens is 208 g/mol. The second-order valence-electron chi connectivity index (χ2n) is 4.00. The molecule has 17 heavy (non-hydrogen) atoms. The van der Waals surface area contributed by atoms with E-state index in [0.717, 1.165) is 18.4 Å². The highest BCUT2D eigenvalue weighted by Gasteiger charge is 2.11. The van der Waals surface area contributed by atoms with Crippen molar-refractivity contribution < 1.29 is 0 Å². The van der Waals surface area contributed by atoms with Crippen molar-refractivity contribution in [3.8, 4) is 12.3 Å². The molecule has 0 saturated heterocycles. The van der Waals surface area contributed by atoms with Crippen molar-refractivity contribution >= 4 is 10.9 Å². The molecule has 0 fully saturated rings. The Hall–Kier alpha value is -1.85. The molecule has 0 radical (unpaired) electrons. The van der Waals surface area contributed by atoms with E-state index in [1.165, 1.54) is 10.9 Å². The van der Waals surface area contributed by atoms with Gasteiger partial charge in [-0.1, -0.05) is 18.2 Å². The van der Waals surface area contributed by atoms with Crippen LogP contribution in [0.15, 0.2) is 36.5 Å². The molecule has 0 aliphatic carbocycles. The lowest BCUT2D eigenvalue weighted by Gasteiger charge is -2.17. The standard InChI is InChI=1S/C15H16N2/c1-3-4-9-14(16-2)12-7-5-10-15-13(12)8-6-11-17-15/h1,5-8,10-11,14,16H,4,9H2,2H3. The van der Waals surface area contributed by atoms with Gasteiger partial charge in [-0.25, -0.2) is 0 Å². The molecule has 1 unspecified atom stereocenters. The smallest absolute Gasteiger partial charge is 0.0705 e. The summed E-state index contributed by atoms with van der Waals surface area (Å²) < 4.78 is 0. The van der Waals surface area contributed by atoms with Crippen LogP contribution < -0.4 is 5.32 Å². The first-order valence-electron chi connectivity index (χ1n) is 5.81. The van der Waals surface area contributed by atoms with Crippen LogP contribution in [0.5, 0.6) is 0 Å². The summed E-state index contributed by atoms with van der Waals surface area (Å²) in [4.78, 5) is 4.37. The summed E-state index contributed by atoms with van der Waals surface area (Å²) in [5.74, 6) is 2.69. The summed E-state index contributed by atoms with van der Waals surface area (Å²) >= 11 is 0. The van der Waals surface area contributed by atoms with Crippen LogP contribution >= 0.6 is 0 Å². The summed E-state index contributed by atoms with van der Waals surface area (Å²) in [6.45, 7) is 0. The van der Waals surface area contributed by atoms with Crippen LogP contribution in [0.4, 0.5) is 0 Å². The van der Waals surface area contributed by atoms with Crippen LogP contribution in [0, 0.1) is 12.3 Å². The molecular formula is C15H16N2. The third kappa shape index (κ3) is 2.46. The fourth-order valence-electron chi connectivity index (χ4n) is 2.11. The Kier molecular flexibility index (Phi) is 3.74. The number of aromatic nitrogens is 1. The number of rotatable bonds is 4. The normalized spacial score (nSPS) is 12.2. The Balaban J connectivity index is 2.43. The highest BCUT2D eigenvalue weighted by molar-refractivity contribution is 5.82. The number of benzene rings is 1. The van der Waals surface area contributed by atoms with Crippen molar-refractivity contribution in [2.45, 2.75) is 18.9 Å². The summed E-state index contributed by atoms with van der Waals surface area (Å²) in [5, 5.41) is 4.52. The fourth-order valence-corrected chi connectivity index (χ4v) is 2.11. The number of fused-ring (bicyclic) bond motifs is 1. The summed E-state index contributed by atoms with van der Waals surface area (Å²) in [7, 11) is 1.97. The lowest BCUT2D eigenvalue weighted by Crippen LogP contribution is -2.16. The van der Waals surface area contributed by atoms with Crippen molar-refractivity contribution in [3.63, 3.8) is 0 Å². The minimum absolute atomic E-state index is 0.291. The van der Waals surface area contributed by atoms with Gasteiger partial charge in [0.25, 0.3) is 0 Å². The average molecular weight is 224 g/mol. The fraction of sp³-hybridized carbons (Fsp3) is 0.267. The molecule has 1 aromatic heterocycles. The largest absolute Gasteiger partial charge is 0.313 e. The SMILES string of the molecule is C#CCCC(NC)c1cccc2ncccc12. The zero-order valence-electron chi connectivity index (χ0n) is 9.98. The van der Waals surface area contributed by atoms with Gasteiger partial charge in [0.05, 0.1) is 5.52 Å². The van der Waals surface area contributed by atoms with E-state index in [2.05, 4.69) is 28.4 Å². The molecule has 2 nitrogen and oxygen atoms in total. The Morgan fingerprint density at radius 2 is 2.24 bits per heavy atom. The molecule has 0 saturated carbocycles. The highest BCUT2D eigenvalue weighted by Crippen LogP contribution is 2.25. The highest BCUT2D eigenvalue weighted by atomic mass is 14.9. The van der Waals surface area contributed by atoms with Crippen LogP contribution in [0.25, 0.3) is 10.9 Å². The molecule has 1 N–H and O–H groups in total. The zero-order chi connectivity index (χ0) is 12.1. The monoisotopic (exact) mass is 224 g/mol. The molecule has 0 aliphatic rings. The quantitative estimate of drug-likeness (QED) is 0.808. The second kappa shape index (κ2) is 5.47. The van der Waals surface area contributed by atoms with Crippen molar-refractivity contribution in [3.05, 3.63) is 42.1 Å². The summed E-state index contributed by atoms with van der Waals surface area (Å²) in [6, 6.07) is 10.6.